The molecule has 0 spiro atoms. The van der Waals surface area contributed by atoms with Crippen LogP contribution in [0.5, 0.6) is 0 Å². The number of hydrogen-bond acceptors (Lipinski definition) is 3. The summed E-state index contributed by atoms with van der Waals surface area (Å²) in [4.78, 5) is 24.8. The third-order valence-corrected chi connectivity index (χ3v) is 6.24. The van der Waals surface area contributed by atoms with Crippen molar-refractivity contribution >= 4 is 46.5 Å². The molecule has 0 fully saturated rings. The zero-order valence-electron chi connectivity index (χ0n) is 17.9. The SMILES string of the molecule is CC(C)(C)C(=O)c1ccc(CSCc2ccc(C(=O)C(C)(C)C)cc2Cl)c(Cl)c1. The van der Waals surface area contributed by atoms with Gasteiger partial charge in [-0.1, -0.05) is 89.0 Å². The van der Waals surface area contributed by atoms with E-state index in [1.165, 1.54) is 0 Å². The van der Waals surface area contributed by atoms with Gasteiger partial charge >= 0.3 is 0 Å². The molecule has 2 rings (SSSR count). The Morgan fingerprint density at radius 3 is 1.34 bits per heavy atom. The minimum atomic E-state index is -0.434. The van der Waals surface area contributed by atoms with E-state index in [0.717, 1.165) is 11.1 Å². The Morgan fingerprint density at radius 1 is 0.724 bits per heavy atom. The van der Waals surface area contributed by atoms with Crippen LogP contribution in [0.4, 0.5) is 0 Å². The van der Waals surface area contributed by atoms with E-state index >= 15 is 0 Å². The topological polar surface area (TPSA) is 34.1 Å². The minimum Gasteiger partial charge on any atom is -0.294 e. The molecule has 2 aromatic carbocycles. The van der Waals surface area contributed by atoms with Gasteiger partial charge in [0.2, 0.25) is 0 Å². The van der Waals surface area contributed by atoms with Crippen LogP contribution in [0, 0.1) is 10.8 Å². The number of hydrogen-bond donors (Lipinski definition) is 0. The fourth-order valence-corrected chi connectivity index (χ4v) is 4.45. The molecule has 0 aliphatic carbocycles. The molecule has 29 heavy (non-hydrogen) atoms. The molecule has 0 aliphatic rings. The normalized spacial score (nSPS) is 12.1. The summed E-state index contributed by atoms with van der Waals surface area (Å²) in [5, 5.41) is 1.20. The van der Waals surface area contributed by atoms with Crippen LogP contribution in [0.3, 0.4) is 0 Å². The van der Waals surface area contributed by atoms with Crippen LogP contribution in [-0.2, 0) is 11.5 Å². The predicted molar refractivity (Wildman–Crippen MR) is 125 cm³/mol. The first-order valence-electron chi connectivity index (χ1n) is 9.55. The first kappa shape index (κ1) is 24.0. The van der Waals surface area contributed by atoms with Crippen molar-refractivity contribution in [1.29, 1.82) is 0 Å². The lowest BCUT2D eigenvalue weighted by molar-refractivity contribution is 0.0852. The summed E-state index contributed by atoms with van der Waals surface area (Å²) in [5.41, 5.74) is 2.38. The maximum Gasteiger partial charge on any atom is 0.168 e. The molecule has 0 saturated carbocycles. The lowest BCUT2D eigenvalue weighted by atomic mass is 9.86. The van der Waals surface area contributed by atoms with Gasteiger partial charge < -0.3 is 0 Å². The van der Waals surface area contributed by atoms with Crippen LogP contribution in [0.2, 0.25) is 10.0 Å². The van der Waals surface area contributed by atoms with E-state index in [9.17, 15) is 9.59 Å². The Morgan fingerprint density at radius 2 is 1.07 bits per heavy atom. The Bertz CT molecular complexity index is 846. The van der Waals surface area contributed by atoms with Crippen LogP contribution in [0.15, 0.2) is 36.4 Å². The van der Waals surface area contributed by atoms with E-state index in [1.807, 2.05) is 65.8 Å². The molecule has 2 aromatic rings. The summed E-state index contributed by atoms with van der Waals surface area (Å²) in [7, 11) is 0. The average Bonchev–Trinajstić information content (AvgIpc) is 2.61. The fourth-order valence-electron chi connectivity index (χ4n) is 2.75. The standard InChI is InChI=1S/C24H28Cl2O2S/c1-23(2,3)21(27)15-7-9-17(19(25)11-15)13-29-14-18-10-8-16(12-20(18)26)22(28)24(4,5)6/h7-12H,13-14H2,1-6H3. The lowest BCUT2D eigenvalue weighted by Gasteiger charge is -2.17. The molecule has 156 valence electrons. The van der Waals surface area contributed by atoms with Crippen LogP contribution >= 0.6 is 35.0 Å². The minimum absolute atomic E-state index is 0.0790. The number of rotatable bonds is 6. The van der Waals surface area contributed by atoms with E-state index in [1.54, 1.807) is 23.9 Å². The van der Waals surface area contributed by atoms with Gasteiger partial charge in [-0.05, 0) is 23.3 Å². The van der Waals surface area contributed by atoms with Crippen molar-refractivity contribution < 1.29 is 9.59 Å². The Kier molecular flexibility index (Phi) is 7.64. The summed E-state index contributed by atoms with van der Waals surface area (Å²) in [6, 6.07) is 11.0. The number of thioether (sulfide) groups is 1. The highest BCUT2D eigenvalue weighted by molar-refractivity contribution is 7.97. The fraction of sp³-hybridized carbons (Fsp3) is 0.417. The largest absolute Gasteiger partial charge is 0.294 e. The average molecular weight is 451 g/mol. The number of ketones is 2. The Balaban J connectivity index is 2.03. The first-order chi connectivity index (χ1) is 13.3. The molecule has 0 amide bonds. The van der Waals surface area contributed by atoms with Crippen LogP contribution in [0.25, 0.3) is 0 Å². The molecule has 0 aliphatic heterocycles. The van der Waals surface area contributed by atoms with E-state index in [2.05, 4.69) is 0 Å². The summed E-state index contributed by atoms with van der Waals surface area (Å²) in [6.07, 6.45) is 0. The molecular weight excluding hydrogens is 423 g/mol. The van der Waals surface area contributed by atoms with Gasteiger partial charge in [0.15, 0.2) is 11.6 Å². The van der Waals surface area contributed by atoms with Crippen LogP contribution in [0.1, 0.15) is 73.4 Å². The van der Waals surface area contributed by atoms with E-state index in [4.69, 9.17) is 23.2 Å². The van der Waals surface area contributed by atoms with Crippen molar-refractivity contribution in [2.24, 2.45) is 10.8 Å². The van der Waals surface area contributed by atoms with Gasteiger partial charge in [0.25, 0.3) is 0 Å². The summed E-state index contributed by atoms with van der Waals surface area (Å²) in [6.45, 7) is 11.4. The third kappa shape index (κ3) is 6.34. The van der Waals surface area contributed by atoms with Crippen LogP contribution in [-0.4, -0.2) is 11.6 Å². The lowest BCUT2D eigenvalue weighted by Crippen LogP contribution is -2.20. The number of halogens is 2. The van der Waals surface area contributed by atoms with Crippen molar-refractivity contribution in [2.45, 2.75) is 53.0 Å². The van der Waals surface area contributed by atoms with Crippen molar-refractivity contribution in [3.63, 3.8) is 0 Å². The molecule has 0 radical (unpaired) electrons. The Hall–Kier alpha value is -1.29. The molecular formula is C24H28Cl2O2S. The van der Waals surface area contributed by atoms with Crippen molar-refractivity contribution in [3.8, 4) is 0 Å². The summed E-state index contributed by atoms with van der Waals surface area (Å²) >= 11 is 14.5. The van der Waals surface area contributed by atoms with Gasteiger partial charge in [-0.25, -0.2) is 0 Å². The second kappa shape index (κ2) is 9.24. The number of carbonyl (C=O) groups excluding carboxylic acids is 2. The monoisotopic (exact) mass is 450 g/mol. The molecule has 0 unspecified atom stereocenters. The van der Waals surface area contributed by atoms with Crippen molar-refractivity contribution in [3.05, 3.63) is 68.7 Å². The molecule has 0 aromatic heterocycles. The highest BCUT2D eigenvalue weighted by Gasteiger charge is 2.24. The molecule has 0 bridgehead atoms. The van der Waals surface area contributed by atoms with Crippen molar-refractivity contribution in [1.82, 2.24) is 0 Å². The molecule has 0 N–H and O–H groups in total. The molecule has 5 heteroatoms. The van der Waals surface area contributed by atoms with Crippen molar-refractivity contribution in [2.75, 3.05) is 0 Å². The predicted octanol–water partition coefficient (Wildman–Crippen LogP) is 7.88. The quantitative estimate of drug-likeness (QED) is 0.419. The molecule has 0 atom stereocenters. The molecule has 0 saturated heterocycles. The van der Waals surface area contributed by atoms with Gasteiger partial charge in [0, 0.05) is 43.5 Å². The van der Waals surface area contributed by atoms with E-state index in [0.29, 0.717) is 32.7 Å². The second-order valence-electron chi connectivity index (χ2n) is 9.26. The summed E-state index contributed by atoms with van der Waals surface area (Å²) < 4.78 is 0. The van der Waals surface area contributed by atoms with Gasteiger partial charge in [-0.15, -0.1) is 0 Å². The van der Waals surface area contributed by atoms with E-state index in [-0.39, 0.29) is 11.6 Å². The maximum atomic E-state index is 12.4. The van der Waals surface area contributed by atoms with E-state index < -0.39 is 10.8 Å². The van der Waals surface area contributed by atoms with Crippen LogP contribution < -0.4 is 0 Å². The smallest absolute Gasteiger partial charge is 0.168 e. The van der Waals surface area contributed by atoms with Gasteiger partial charge in [0.05, 0.1) is 0 Å². The number of benzene rings is 2. The first-order valence-corrected chi connectivity index (χ1v) is 11.5. The maximum absolute atomic E-state index is 12.4. The Labute approximate surface area is 188 Å². The molecule has 2 nitrogen and oxygen atoms in total. The third-order valence-electron chi connectivity index (χ3n) is 4.51. The zero-order valence-corrected chi connectivity index (χ0v) is 20.2. The zero-order chi connectivity index (χ0) is 22.0. The summed E-state index contributed by atoms with van der Waals surface area (Å²) in [5.74, 6) is 1.58. The highest BCUT2D eigenvalue weighted by atomic mass is 35.5. The van der Waals surface area contributed by atoms with Gasteiger partial charge in [-0.2, -0.15) is 11.8 Å². The second-order valence-corrected chi connectivity index (χ2v) is 11.1. The number of carbonyl (C=O) groups is 2. The van der Waals surface area contributed by atoms with Gasteiger partial charge in [-0.3, -0.25) is 9.59 Å². The number of Topliss-reactive ketones (excluding diaryl/α,β-unsaturated/α-hetero) is 2. The van der Waals surface area contributed by atoms with Gasteiger partial charge in [0.1, 0.15) is 0 Å². The molecule has 0 heterocycles. The highest BCUT2D eigenvalue weighted by Crippen LogP contribution is 2.30.